The number of carbonyl (C=O) groups is 3. The summed E-state index contributed by atoms with van der Waals surface area (Å²) in [6, 6.07) is 6.48. The van der Waals surface area contributed by atoms with Crippen LogP contribution in [0.15, 0.2) is 24.3 Å². The number of esters is 1. The number of hydrogen-bond acceptors (Lipinski definition) is 6. The minimum atomic E-state index is -0.692. The molecule has 0 fully saturated rings. The van der Waals surface area contributed by atoms with E-state index >= 15 is 0 Å². The highest BCUT2D eigenvalue weighted by Crippen LogP contribution is 2.32. The van der Waals surface area contributed by atoms with Crippen LogP contribution in [-0.4, -0.2) is 42.2 Å². The molecular formula is C19H20N2O6. The Bertz CT molecular complexity index is 915. The van der Waals surface area contributed by atoms with Gasteiger partial charge in [0.2, 0.25) is 12.6 Å². The Morgan fingerprint density at radius 1 is 1.15 bits per heavy atom. The van der Waals surface area contributed by atoms with Crippen molar-refractivity contribution in [3.63, 3.8) is 0 Å². The predicted octanol–water partition coefficient (Wildman–Crippen LogP) is 1.53. The van der Waals surface area contributed by atoms with Crippen molar-refractivity contribution in [1.82, 2.24) is 9.88 Å². The summed E-state index contributed by atoms with van der Waals surface area (Å²) in [7, 11) is 1.86. The van der Waals surface area contributed by atoms with Gasteiger partial charge >= 0.3 is 5.97 Å². The Balaban J connectivity index is 1.48. The largest absolute Gasteiger partial charge is 0.456 e. The highest BCUT2D eigenvalue weighted by atomic mass is 16.7. The summed E-state index contributed by atoms with van der Waals surface area (Å²) in [4.78, 5) is 36.1. The Kier molecular flexibility index (Phi) is 5.16. The van der Waals surface area contributed by atoms with E-state index in [4.69, 9.17) is 14.2 Å². The lowest BCUT2D eigenvalue weighted by atomic mass is 10.1. The normalized spacial score (nSPS) is 12.0. The maximum atomic E-state index is 12.2. The van der Waals surface area contributed by atoms with E-state index < -0.39 is 11.9 Å². The lowest BCUT2D eigenvalue weighted by Gasteiger charge is -2.07. The van der Waals surface area contributed by atoms with E-state index in [1.807, 2.05) is 25.5 Å². The number of ketones is 1. The van der Waals surface area contributed by atoms with Crippen LogP contribution in [0.5, 0.6) is 11.5 Å². The van der Waals surface area contributed by atoms with E-state index in [-0.39, 0.29) is 25.7 Å². The van der Waals surface area contributed by atoms with Crippen LogP contribution in [-0.2, 0) is 16.6 Å². The first-order valence-electron chi connectivity index (χ1n) is 8.36. The molecule has 0 atom stereocenters. The fourth-order valence-electron chi connectivity index (χ4n) is 2.70. The van der Waals surface area contributed by atoms with E-state index in [1.54, 1.807) is 18.2 Å². The zero-order chi connectivity index (χ0) is 19.6. The maximum absolute atomic E-state index is 12.2. The number of aryl methyl sites for hydroxylation is 1. The fraction of sp³-hybridized carbons (Fsp3) is 0.316. The molecule has 142 valence electrons. The Morgan fingerprint density at radius 3 is 2.59 bits per heavy atom. The standard InChI is InChI=1S/C19H20N2O6/c1-11-6-14(12(2)21(11)3)15(22)9-25-18(23)8-20-19(24)13-4-5-16-17(7-13)27-10-26-16/h4-7H,8-10H2,1-3H3,(H,20,24). The van der Waals surface area contributed by atoms with Crippen molar-refractivity contribution >= 4 is 17.7 Å². The Labute approximate surface area is 156 Å². The summed E-state index contributed by atoms with van der Waals surface area (Å²) < 4.78 is 17.2. The van der Waals surface area contributed by atoms with Gasteiger partial charge in [0, 0.05) is 29.6 Å². The summed E-state index contributed by atoms with van der Waals surface area (Å²) in [5.74, 6) is -0.388. The van der Waals surface area contributed by atoms with E-state index in [0.717, 1.165) is 11.4 Å². The molecule has 1 aliphatic rings. The second-order valence-electron chi connectivity index (χ2n) is 6.18. The second kappa shape index (κ2) is 7.53. The number of carbonyl (C=O) groups excluding carboxylic acids is 3. The van der Waals surface area contributed by atoms with Crippen LogP contribution >= 0.6 is 0 Å². The van der Waals surface area contributed by atoms with Gasteiger partial charge in [0.05, 0.1) is 0 Å². The van der Waals surface area contributed by atoms with E-state index in [1.165, 1.54) is 6.07 Å². The highest BCUT2D eigenvalue weighted by molar-refractivity contribution is 6.00. The molecule has 27 heavy (non-hydrogen) atoms. The number of aromatic nitrogens is 1. The van der Waals surface area contributed by atoms with Crippen molar-refractivity contribution in [1.29, 1.82) is 0 Å². The summed E-state index contributed by atoms with van der Waals surface area (Å²) >= 11 is 0. The SMILES string of the molecule is Cc1cc(C(=O)COC(=O)CNC(=O)c2ccc3c(c2)OCO3)c(C)n1C. The summed E-state index contributed by atoms with van der Waals surface area (Å²) in [5.41, 5.74) is 2.61. The van der Waals surface area contributed by atoms with Gasteiger partial charge in [0.15, 0.2) is 18.1 Å². The molecule has 1 amide bonds. The average molecular weight is 372 g/mol. The number of rotatable bonds is 6. The predicted molar refractivity (Wildman–Crippen MR) is 95.1 cm³/mol. The summed E-state index contributed by atoms with van der Waals surface area (Å²) in [5, 5.41) is 2.45. The van der Waals surface area contributed by atoms with Crippen molar-refractivity contribution in [2.75, 3.05) is 19.9 Å². The molecule has 3 rings (SSSR count). The van der Waals surface area contributed by atoms with Gasteiger partial charge in [0.25, 0.3) is 5.91 Å². The lowest BCUT2D eigenvalue weighted by Crippen LogP contribution is -2.31. The van der Waals surface area contributed by atoms with Gasteiger partial charge in [-0.25, -0.2) is 0 Å². The molecule has 2 heterocycles. The van der Waals surface area contributed by atoms with Gasteiger partial charge in [-0.15, -0.1) is 0 Å². The minimum absolute atomic E-state index is 0.112. The number of fused-ring (bicyclic) bond motifs is 1. The van der Waals surface area contributed by atoms with Gasteiger partial charge in [0.1, 0.15) is 6.54 Å². The molecule has 0 saturated carbocycles. The van der Waals surface area contributed by atoms with Gasteiger partial charge in [-0.1, -0.05) is 0 Å². The van der Waals surface area contributed by atoms with Crippen molar-refractivity contribution in [2.24, 2.45) is 7.05 Å². The van der Waals surface area contributed by atoms with Crippen molar-refractivity contribution in [3.05, 3.63) is 46.8 Å². The lowest BCUT2D eigenvalue weighted by molar-refractivity contribution is -0.141. The van der Waals surface area contributed by atoms with Gasteiger partial charge in [-0.05, 0) is 38.1 Å². The molecule has 1 aromatic heterocycles. The van der Waals surface area contributed by atoms with Crippen molar-refractivity contribution in [2.45, 2.75) is 13.8 Å². The number of benzene rings is 1. The molecule has 8 heteroatoms. The molecule has 0 saturated heterocycles. The molecule has 0 spiro atoms. The first kappa shape index (κ1) is 18.5. The number of ether oxygens (including phenoxy) is 3. The molecule has 0 unspecified atom stereocenters. The van der Waals surface area contributed by atoms with Gasteiger partial charge < -0.3 is 24.1 Å². The molecule has 1 aromatic carbocycles. The smallest absolute Gasteiger partial charge is 0.325 e. The maximum Gasteiger partial charge on any atom is 0.325 e. The molecule has 2 aromatic rings. The fourth-order valence-corrected chi connectivity index (χ4v) is 2.70. The van der Waals surface area contributed by atoms with Crippen LogP contribution in [0.4, 0.5) is 0 Å². The van der Waals surface area contributed by atoms with Crippen LogP contribution < -0.4 is 14.8 Å². The van der Waals surface area contributed by atoms with Crippen molar-refractivity contribution < 1.29 is 28.6 Å². The molecular weight excluding hydrogens is 352 g/mol. The molecule has 1 aliphatic heterocycles. The van der Waals surface area contributed by atoms with Crippen LogP contribution in [0.1, 0.15) is 32.1 Å². The van der Waals surface area contributed by atoms with E-state index in [2.05, 4.69) is 5.32 Å². The first-order chi connectivity index (χ1) is 12.9. The van der Waals surface area contributed by atoms with Gasteiger partial charge in [-0.3, -0.25) is 14.4 Å². The quantitative estimate of drug-likeness (QED) is 0.610. The summed E-state index contributed by atoms with van der Waals surface area (Å²) in [6.45, 7) is 3.12. The zero-order valence-corrected chi connectivity index (χ0v) is 15.3. The van der Waals surface area contributed by atoms with E-state index in [9.17, 15) is 14.4 Å². The number of hydrogen-bond donors (Lipinski definition) is 1. The van der Waals surface area contributed by atoms with Crippen molar-refractivity contribution in [3.8, 4) is 11.5 Å². The number of nitrogens with zero attached hydrogens (tertiary/aromatic N) is 1. The van der Waals surface area contributed by atoms with Gasteiger partial charge in [-0.2, -0.15) is 0 Å². The number of Topliss-reactive ketones (excluding diaryl/α,β-unsaturated/α-hetero) is 1. The third kappa shape index (κ3) is 3.94. The van der Waals surface area contributed by atoms with Crippen LogP contribution in [0.2, 0.25) is 0 Å². The first-order valence-corrected chi connectivity index (χ1v) is 8.36. The monoisotopic (exact) mass is 372 g/mol. The van der Waals surface area contributed by atoms with Crippen LogP contribution in [0, 0.1) is 13.8 Å². The second-order valence-corrected chi connectivity index (χ2v) is 6.18. The number of amides is 1. The van der Waals surface area contributed by atoms with Crippen LogP contribution in [0.3, 0.4) is 0 Å². The molecule has 8 nitrogen and oxygen atoms in total. The Hall–Kier alpha value is -3.29. The third-order valence-electron chi connectivity index (χ3n) is 4.47. The number of nitrogens with one attached hydrogen (secondary N) is 1. The summed E-state index contributed by atoms with van der Waals surface area (Å²) in [6.07, 6.45) is 0. The average Bonchev–Trinajstić information content (AvgIpc) is 3.23. The van der Waals surface area contributed by atoms with Crippen LogP contribution in [0.25, 0.3) is 0 Å². The Morgan fingerprint density at radius 2 is 1.89 bits per heavy atom. The topological polar surface area (TPSA) is 95.9 Å². The van der Waals surface area contributed by atoms with E-state index in [0.29, 0.717) is 22.6 Å². The molecule has 1 N–H and O–H groups in total. The third-order valence-corrected chi connectivity index (χ3v) is 4.47. The molecule has 0 radical (unpaired) electrons. The molecule has 0 aliphatic carbocycles. The molecule has 0 bridgehead atoms. The minimum Gasteiger partial charge on any atom is -0.456 e. The highest BCUT2D eigenvalue weighted by Gasteiger charge is 2.18. The zero-order valence-electron chi connectivity index (χ0n) is 15.3.